The van der Waals surface area contributed by atoms with Crippen LogP contribution < -0.4 is 5.73 Å². The zero-order valence-corrected chi connectivity index (χ0v) is 10.5. The molecule has 3 aromatic rings. The summed E-state index contributed by atoms with van der Waals surface area (Å²) in [5.74, 6) is 0.864. The zero-order valence-electron chi connectivity index (χ0n) is 9.73. The molecule has 0 saturated carbocycles. The molecular formula is C14H13N3S. The van der Waals surface area contributed by atoms with Crippen LogP contribution in [0.15, 0.2) is 60.2 Å². The van der Waals surface area contributed by atoms with Gasteiger partial charge in [-0.15, -0.1) is 11.3 Å². The van der Waals surface area contributed by atoms with Gasteiger partial charge in [-0.05, 0) is 23.6 Å². The highest BCUT2D eigenvalue weighted by molar-refractivity contribution is 7.10. The predicted molar refractivity (Wildman–Crippen MR) is 73.9 cm³/mol. The lowest BCUT2D eigenvalue weighted by atomic mass is 10.2. The highest BCUT2D eigenvalue weighted by atomic mass is 32.1. The van der Waals surface area contributed by atoms with Gasteiger partial charge in [0.2, 0.25) is 0 Å². The van der Waals surface area contributed by atoms with Crippen molar-refractivity contribution in [1.29, 1.82) is 0 Å². The number of hydrogen-bond acceptors (Lipinski definition) is 3. The van der Waals surface area contributed by atoms with Crippen LogP contribution in [0.3, 0.4) is 0 Å². The second kappa shape index (κ2) is 4.76. The van der Waals surface area contributed by atoms with E-state index in [0.29, 0.717) is 0 Å². The molecule has 0 fully saturated rings. The summed E-state index contributed by atoms with van der Waals surface area (Å²) in [4.78, 5) is 5.52. The molecule has 4 heteroatoms. The van der Waals surface area contributed by atoms with Gasteiger partial charge in [0.1, 0.15) is 5.82 Å². The normalized spacial score (nSPS) is 12.5. The Morgan fingerprint density at radius 3 is 2.67 bits per heavy atom. The minimum Gasteiger partial charge on any atom is -0.317 e. The van der Waals surface area contributed by atoms with E-state index >= 15 is 0 Å². The van der Waals surface area contributed by atoms with Crippen LogP contribution in [0.5, 0.6) is 0 Å². The first kappa shape index (κ1) is 11.2. The molecule has 2 N–H and O–H groups in total. The van der Waals surface area contributed by atoms with Crippen LogP contribution in [0.25, 0.3) is 5.69 Å². The summed E-state index contributed by atoms with van der Waals surface area (Å²) in [6.07, 6.45) is 3.73. The Labute approximate surface area is 110 Å². The number of nitrogens with two attached hydrogens (primary N) is 1. The van der Waals surface area contributed by atoms with Crippen LogP contribution in [-0.4, -0.2) is 9.55 Å². The molecule has 90 valence electrons. The Hall–Kier alpha value is -1.91. The maximum atomic E-state index is 6.27. The third-order valence-electron chi connectivity index (χ3n) is 2.83. The van der Waals surface area contributed by atoms with Gasteiger partial charge >= 0.3 is 0 Å². The number of para-hydroxylation sites is 1. The first-order valence-corrected chi connectivity index (χ1v) is 6.62. The molecule has 0 bridgehead atoms. The summed E-state index contributed by atoms with van der Waals surface area (Å²) in [7, 11) is 0. The minimum atomic E-state index is -0.180. The number of hydrogen-bond donors (Lipinski definition) is 1. The molecule has 0 spiro atoms. The van der Waals surface area contributed by atoms with Crippen molar-refractivity contribution < 1.29 is 0 Å². The lowest BCUT2D eigenvalue weighted by Crippen LogP contribution is -2.15. The van der Waals surface area contributed by atoms with Crippen LogP contribution in [0.4, 0.5) is 0 Å². The summed E-state index contributed by atoms with van der Waals surface area (Å²) in [6, 6.07) is 14.0. The highest BCUT2D eigenvalue weighted by Gasteiger charge is 2.16. The molecule has 0 aliphatic carbocycles. The Morgan fingerprint density at radius 2 is 1.94 bits per heavy atom. The fraction of sp³-hybridized carbons (Fsp3) is 0.0714. The summed E-state index contributed by atoms with van der Waals surface area (Å²) < 4.78 is 2.03. The second-order valence-corrected chi connectivity index (χ2v) is 4.96. The molecule has 2 aromatic heterocycles. The van der Waals surface area contributed by atoms with E-state index in [1.165, 1.54) is 0 Å². The SMILES string of the molecule is NC(c1cccs1)c1nccn1-c1ccccc1. The number of rotatable bonds is 3. The minimum absolute atomic E-state index is 0.180. The van der Waals surface area contributed by atoms with E-state index < -0.39 is 0 Å². The summed E-state index contributed by atoms with van der Waals surface area (Å²) in [5, 5.41) is 2.03. The molecule has 3 rings (SSSR count). The van der Waals surface area contributed by atoms with Crippen molar-refractivity contribution in [2.45, 2.75) is 6.04 Å². The van der Waals surface area contributed by atoms with Crippen LogP contribution >= 0.6 is 11.3 Å². The van der Waals surface area contributed by atoms with Gasteiger partial charge in [0.15, 0.2) is 0 Å². The summed E-state index contributed by atoms with van der Waals surface area (Å²) in [6.45, 7) is 0. The van der Waals surface area contributed by atoms with Gasteiger partial charge < -0.3 is 10.3 Å². The molecule has 3 nitrogen and oxygen atoms in total. The van der Waals surface area contributed by atoms with Gasteiger partial charge in [0.25, 0.3) is 0 Å². The Morgan fingerprint density at radius 1 is 1.11 bits per heavy atom. The standard InChI is InChI=1S/C14H13N3S/c15-13(12-7-4-10-18-12)14-16-8-9-17(14)11-5-2-1-3-6-11/h1-10,13H,15H2. The Bertz CT molecular complexity index is 614. The maximum Gasteiger partial charge on any atom is 0.135 e. The summed E-state index contributed by atoms with van der Waals surface area (Å²) in [5.41, 5.74) is 7.35. The van der Waals surface area contributed by atoms with Crippen molar-refractivity contribution in [3.63, 3.8) is 0 Å². The van der Waals surface area contributed by atoms with E-state index in [0.717, 1.165) is 16.4 Å². The van der Waals surface area contributed by atoms with Crippen LogP contribution in [0.2, 0.25) is 0 Å². The molecule has 1 unspecified atom stereocenters. The van der Waals surface area contributed by atoms with Crippen molar-refractivity contribution in [2.24, 2.45) is 5.73 Å². The first-order valence-electron chi connectivity index (χ1n) is 5.74. The molecule has 0 aliphatic rings. The van der Waals surface area contributed by atoms with Gasteiger partial charge in [0, 0.05) is 23.0 Å². The molecule has 0 aliphatic heterocycles. The molecule has 1 aromatic carbocycles. The van der Waals surface area contributed by atoms with Crippen molar-refractivity contribution in [1.82, 2.24) is 9.55 Å². The fourth-order valence-electron chi connectivity index (χ4n) is 1.95. The van der Waals surface area contributed by atoms with Gasteiger partial charge in [-0.2, -0.15) is 0 Å². The van der Waals surface area contributed by atoms with E-state index in [1.54, 1.807) is 17.5 Å². The van der Waals surface area contributed by atoms with Crippen molar-refractivity contribution in [2.75, 3.05) is 0 Å². The van der Waals surface area contributed by atoms with Crippen LogP contribution in [-0.2, 0) is 0 Å². The molecular weight excluding hydrogens is 242 g/mol. The van der Waals surface area contributed by atoms with Crippen molar-refractivity contribution >= 4 is 11.3 Å². The molecule has 0 amide bonds. The third-order valence-corrected chi connectivity index (χ3v) is 3.79. The van der Waals surface area contributed by atoms with Gasteiger partial charge in [0.05, 0.1) is 6.04 Å². The third kappa shape index (κ3) is 1.96. The van der Waals surface area contributed by atoms with E-state index in [2.05, 4.69) is 4.98 Å². The first-order chi connectivity index (χ1) is 8.86. The van der Waals surface area contributed by atoms with E-state index in [4.69, 9.17) is 5.73 Å². The average molecular weight is 255 g/mol. The second-order valence-electron chi connectivity index (χ2n) is 3.98. The zero-order chi connectivity index (χ0) is 12.4. The van der Waals surface area contributed by atoms with Crippen LogP contribution in [0, 0.1) is 0 Å². The van der Waals surface area contributed by atoms with Crippen LogP contribution in [0.1, 0.15) is 16.7 Å². The predicted octanol–water partition coefficient (Wildman–Crippen LogP) is 2.98. The van der Waals surface area contributed by atoms with Gasteiger partial charge in [-0.1, -0.05) is 24.3 Å². The summed E-state index contributed by atoms with van der Waals surface area (Å²) >= 11 is 1.65. The van der Waals surface area contributed by atoms with Gasteiger partial charge in [-0.25, -0.2) is 4.98 Å². The lowest BCUT2D eigenvalue weighted by molar-refractivity contribution is 0.771. The smallest absolute Gasteiger partial charge is 0.135 e. The van der Waals surface area contributed by atoms with E-state index in [-0.39, 0.29) is 6.04 Å². The topological polar surface area (TPSA) is 43.8 Å². The Kier molecular flexibility index (Phi) is 2.96. The fourth-order valence-corrected chi connectivity index (χ4v) is 2.67. The molecule has 1 atom stereocenters. The number of imidazole rings is 1. The number of thiophene rings is 1. The van der Waals surface area contributed by atoms with Crippen molar-refractivity contribution in [3.8, 4) is 5.69 Å². The monoisotopic (exact) mass is 255 g/mol. The van der Waals surface area contributed by atoms with Gasteiger partial charge in [-0.3, -0.25) is 0 Å². The molecule has 18 heavy (non-hydrogen) atoms. The Balaban J connectivity index is 2.02. The molecule has 2 heterocycles. The average Bonchev–Trinajstić information content (AvgIpc) is 3.10. The van der Waals surface area contributed by atoms with E-state index in [9.17, 15) is 0 Å². The van der Waals surface area contributed by atoms with E-state index in [1.807, 2.05) is 58.6 Å². The maximum absolute atomic E-state index is 6.27. The number of aromatic nitrogens is 2. The quantitative estimate of drug-likeness (QED) is 0.782. The molecule has 0 saturated heterocycles. The molecule has 0 radical (unpaired) electrons. The largest absolute Gasteiger partial charge is 0.317 e. The number of benzene rings is 1. The number of nitrogens with zero attached hydrogens (tertiary/aromatic N) is 2. The highest BCUT2D eigenvalue weighted by Crippen LogP contribution is 2.24. The lowest BCUT2D eigenvalue weighted by Gasteiger charge is -2.12. The van der Waals surface area contributed by atoms with Crippen molar-refractivity contribution in [3.05, 3.63) is 70.9 Å².